The lowest BCUT2D eigenvalue weighted by atomic mass is 9.85. The van der Waals surface area contributed by atoms with Crippen molar-refractivity contribution in [2.75, 3.05) is 0 Å². The van der Waals surface area contributed by atoms with Crippen molar-refractivity contribution in [3.8, 4) is 0 Å². The van der Waals surface area contributed by atoms with Crippen LogP contribution >= 0.6 is 0 Å². The maximum absolute atomic E-state index is 11.3. The number of hydrogen-bond acceptors (Lipinski definition) is 6. The van der Waals surface area contributed by atoms with Gasteiger partial charge in [0.2, 0.25) is 0 Å². The van der Waals surface area contributed by atoms with Crippen molar-refractivity contribution in [2.24, 2.45) is 0 Å². The molecule has 2 aliphatic heterocycles. The van der Waals surface area contributed by atoms with E-state index in [0.29, 0.717) is 6.61 Å². The maximum Gasteiger partial charge on any atom is 0.169 e. The summed E-state index contributed by atoms with van der Waals surface area (Å²) in [5.74, 6) is -1.19. The van der Waals surface area contributed by atoms with Gasteiger partial charge in [-0.25, -0.2) is 0 Å². The monoisotopic (exact) mass is 430 g/mol. The molecule has 2 spiro atoms. The van der Waals surface area contributed by atoms with E-state index in [2.05, 4.69) is 12.1 Å². The first-order valence-corrected chi connectivity index (χ1v) is 12.2. The summed E-state index contributed by atoms with van der Waals surface area (Å²) in [5.41, 5.74) is 1.11. The third-order valence-corrected chi connectivity index (χ3v) is 7.89. The quantitative estimate of drug-likeness (QED) is 0.786. The van der Waals surface area contributed by atoms with Crippen LogP contribution in [0.3, 0.4) is 0 Å². The fourth-order valence-corrected chi connectivity index (χ4v) is 6.33. The summed E-state index contributed by atoms with van der Waals surface area (Å²) in [6.07, 6.45) is 7.60. The van der Waals surface area contributed by atoms with Gasteiger partial charge in [-0.1, -0.05) is 43.2 Å². The predicted molar refractivity (Wildman–Crippen MR) is 112 cm³/mol. The van der Waals surface area contributed by atoms with Crippen molar-refractivity contribution in [3.63, 3.8) is 0 Å². The second-order valence-corrected chi connectivity index (χ2v) is 10.0. The topological polar surface area (TPSA) is 66.4 Å². The van der Waals surface area contributed by atoms with Gasteiger partial charge in [-0.15, -0.1) is 0 Å². The molecule has 3 saturated carbocycles. The minimum atomic E-state index is -0.769. The summed E-state index contributed by atoms with van der Waals surface area (Å²) < 4.78 is 32.7. The van der Waals surface area contributed by atoms with E-state index in [1.165, 1.54) is 12.8 Å². The van der Waals surface area contributed by atoms with E-state index in [1.807, 2.05) is 18.2 Å². The molecule has 0 aromatic heterocycles. The molecule has 0 amide bonds. The summed E-state index contributed by atoms with van der Waals surface area (Å²) in [5, 5.41) is 11.3. The van der Waals surface area contributed by atoms with Crippen molar-refractivity contribution in [3.05, 3.63) is 35.9 Å². The maximum atomic E-state index is 11.3. The molecule has 6 heteroatoms. The lowest BCUT2D eigenvalue weighted by Crippen LogP contribution is -2.62. The molecule has 2 saturated heterocycles. The van der Waals surface area contributed by atoms with E-state index in [-0.39, 0.29) is 18.3 Å². The predicted octanol–water partition coefficient (Wildman–Crippen LogP) is 3.84. The number of aliphatic hydroxyl groups excluding tert-OH is 1. The summed E-state index contributed by atoms with van der Waals surface area (Å²) >= 11 is 0. The van der Waals surface area contributed by atoms with Crippen molar-refractivity contribution < 1.29 is 28.8 Å². The molecule has 5 fully saturated rings. The summed E-state index contributed by atoms with van der Waals surface area (Å²) in [4.78, 5) is 0. The highest BCUT2D eigenvalue weighted by Gasteiger charge is 2.66. The van der Waals surface area contributed by atoms with Crippen LogP contribution in [0.25, 0.3) is 0 Å². The highest BCUT2D eigenvalue weighted by Crippen LogP contribution is 2.51. The van der Waals surface area contributed by atoms with E-state index in [0.717, 1.165) is 56.9 Å². The number of fused-ring (bicyclic) bond motifs is 2. The Kier molecular flexibility index (Phi) is 5.37. The van der Waals surface area contributed by atoms with Crippen LogP contribution in [0.1, 0.15) is 69.8 Å². The summed E-state index contributed by atoms with van der Waals surface area (Å²) in [6.45, 7) is 0.473. The molecule has 6 nitrogen and oxygen atoms in total. The molecule has 1 aromatic carbocycles. The van der Waals surface area contributed by atoms with Gasteiger partial charge in [0.15, 0.2) is 11.6 Å². The van der Waals surface area contributed by atoms with Crippen LogP contribution < -0.4 is 0 Å². The molecule has 2 heterocycles. The molecule has 170 valence electrons. The lowest BCUT2D eigenvalue weighted by Gasteiger charge is -2.40. The molecule has 3 aliphatic carbocycles. The molecule has 6 rings (SSSR count). The number of ether oxygens (including phenoxy) is 5. The van der Waals surface area contributed by atoms with E-state index in [1.54, 1.807) is 0 Å². The molecule has 0 radical (unpaired) electrons. The highest BCUT2D eigenvalue weighted by molar-refractivity contribution is 5.15. The number of rotatable bonds is 3. The van der Waals surface area contributed by atoms with Crippen LogP contribution in [-0.4, -0.2) is 53.3 Å². The van der Waals surface area contributed by atoms with Gasteiger partial charge in [0.1, 0.15) is 36.6 Å². The molecular formula is C25H34O6. The van der Waals surface area contributed by atoms with E-state index in [9.17, 15) is 5.11 Å². The molecule has 5 aliphatic rings. The largest absolute Gasteiger partial charge is 0.387 e. The molecular weight excluding hydrogens is 396 g/mol. The first-order valence-electron chi connectivity index (χ1n) is 12.2. The minimum Gasteiger partial charge on any atom is -0.387 e. The average Bonchev–Trinajstić information content (AvgIpc) is 3.35. The normalized spacial score (nSPS) is 40.7. The molecule has 1 aromatic rings. The zero-order chi connectivity index (χ0) is 20.9. The minimum absolute atomic E-state index is 0.332. The van der Waals surface area contributed by atoms with Crippen molar-refractivity contribution in [1.82, 2.24) is 0 Å². The fourth-order valence-electron chi connectivity index (χ4n) is 6.33. The van der Waals surface area contributed by atoms with Crippen LogP contribution in [0.5, 0.6) is 0 Å². The van der Waals surface area contributed by atoms with E-state index in [4.69, 9.17) is 23.7 Å². The fraction of sp³-hybridized carbons (Fsp3) is 0.760. The van der Waals surface area contributed by atoms with Crippen molar-refractivity contribution >= 4 is 0 Å². The average molecular weight is 431 g/mol. The Balaban J connectivity index is 1.28. The van der Waals surface area contributed by atoms with Gasteiger partial charge < -0.3 is 28.8 Å². The number of hydrogen-bond donors (Lipinski definition) is 1. The van der Waals surface area contributed by atoms with Crippen molar-refractivity contribution in [1.29, 1.82) is 0 Å². The standard InChI is InChI=1S/C25H34O6/c26-18-19-22(30-24(28-19)12-6-2-7-13-24)21(27-16-17-10-4-1-5-11-17)23-20(18)29-25(31-23)14-8-3-9-15-25/h1,4-5,10-11,18-23,26H,2-3,6-9,12-16H2/t18?,19-,20-,21?,22-,23+/m0/s1. The SMILES string of the molecule is OC1[C@@H]2OC3(CCCCC3)O[C@@H]2C(OCc2ccccc2)[C@@H]2OC3(CCCCC3)O[C@@H]12. The van der Waals surface area contributed by atoms with Crippen LogP contribution in [-0.2, 0) is 30.3 Å². The van der Waals surface area contributed by atoms with Gasteiger partial charge in [-0.05, 0) is 31.2 Å². The zero-order valence-electron chi connectivity index (χ0n) is 18.1. The van der Waals surface area contributed by atoms with Gasteiger partial charge >= 0.3 is 0 Å². The van der Waals surface area contributed by atoms with E-state index < -0.39 is 29.9 Å². The smallest absolute Gasteiger partial charge is 0.169 e. The van der Waals surface area contributed by atoms with Gasteiger partial charge in [0, 0.05) is 25.7 Å². The molecule has 6 atom stereocenters. The van der Waals surface area contributed by atoms with Crippen LogP contribution in [0, 0.1) is 0 Å². The van der Waals surface area contributed by atoms with Crippen molar-refractivity contribution in [2.45, 2.75) is 119 Å². The molecule has 31 heavy (non-hydrogen) atoms. The van der Waals surface area contributed by atoms with Gasteiger partial charge in [-0.2, -0.15) is 0 Å². The Bertz CT molecular complexity index is 715. The zero-order valence-corrected chi connectivity index (χ0v) is 18.1. The third-order valence-electron chi connectivity index (χ3n) is 7.89. The summed E-state index contributed by atoms with van der Waals surface area (Å²) in [6, 6.07) is 10.2. The first kappa shape index (κ1) is 20.6. The van der Waals surface area contributed by atoms with Crippen LogP contribution in [0.2, 0.25) is 0 Å². The van der Waals surface area contributed by atoms with E-state index >= 15 is 0 Å². The summed E-state index contributed by atoms with van der Waals surface area (Å²) in [7, 11) is 0. The second-order valence-electron chi connectivity index (χ2n) is 10.0. The molecule has 2 unspecified atom stereocenters. The van der Waals surface area contributed by atoms with Gasteiger partial charge in [0.05, 0.1) is 6.61 Å². The highest BCUT2D eigenvalue weighted by atomic mass is 16.8. The molecule has 0 bridgehead atoms. The Labute approximate surface area is 184 Å². The number of benzene rings is 1. The van der Waals surface area contributed by atoms with Gasteiger partial charge in [-0.3, -0.25) is 0 Å². The third kappa shape index (κ3) is 3.65. The number of aliphatic hydroxyl groups is 1. The Hall–Kier alpha value is -1.02. The van der Waals surface area contributed by atoms with Crippen LogP contribution in [0.4, 0.5) is 0 Å². The second kappa shape index (κ2) is 8.08. The molecule has 1 N–H and O–H groups in total. The Morgan fingerprint density at radius 2 is 1.19 bits per heavy atom. The van der Waals surface area contributed by atoms with Crippen LogP contribution in [0.15, 0.2) is 30.3 Å². The lowest BCUT2D eigenvalue weighted by molar-refractivity contribution is -0.227. The Morgan fingerprint density at radius 1 is 0.710 bits per heavy atom. The Morgan fingerprint density at radius 3 is 1.71 bits per heavy atom. The van der Waals surface area contributed by atoms with Gasteiger partial charge in [0.25, 0.3) is 0 Å². The first-order chi connectivity index (χ1) is 15.2.